The van der Waals surface area contributed by atoms with Gasteiger partial charge in [-0.25, -0.2) is 0 Å². The lowest BCUT2D eigenvalue weighted by molar-refractivity contribution is 0.267. The van der Waals surface area contributed by atoms with Crippen LogP contribution in [0, 0.1) is 6.92 Å². The summed E-state index contributed by atoms with van der Waals surface area (Å²) in [6.07, 6.45) is 0. The first-order chi connectivity index (χ1) is 14.6. The molecule has 0 radical (unpaired) electrons. The van der Waals surface area contributed by atoms with Crippen LogP contribution < -0.4 is 19.5 Å². The highest BCUT2D eigenvalue weighted by molar-refractivity contribution is 9.10. The molecule has 0 unspecified atom stereocenters. The third-order valence-corrected chi connectivity index (χ3v) is 5.28. The highest BCUT2D eigenvalue weighted by Crippen LogP contribution is 2.37. The minimum Gasteiger partial charge on any atom is -0.497 e. The quantitative estimate of drug-likeness (QED) is 0.393. The van der Waals surface area contributed by atoms with Crippen molar-refractivity contribution in [3.63, 3.8) is 0 Å². The lowest BCUT2D eigenvalue weighted by Crippen LogP contribution is -2.13. The Morgan fingerprint density at radius 1 is 0.833 bits per heavy atom. The van der Waals surface area contributed by atoms with Crippen LogP contribution in [-0.4, -0.2) is 13.7 Å². The van der Waals surface area contributed by atoms with Gasteiger partial charge < -0.3 is 19.5 Å². The maximum atomic E-state index is 6.09. The van der Waals surface area contributed by atoms with Crippen molar-refractivity contribution in [2.75, 3.05) is 13.7 Å². The van der Waals surface area contributed by atoms with E-state index in [0.29, 0.717) is 13.2 Å². The molecule has 0 saturated carbocycles. The van der Waals surface area contributed by atoms with Crippen LogP contribution in [0.3, 0.4) is 0 Å². The molecule has 0 fully saturated rings. The fourth-order valence-corrected chi connectivity index (χ4v) is 3.66. The van der Waals surface area contributed by atoms with Crippen molar-refractivity contribution < 1.29 is 14.2 Å². The minimum atomic E-state index is 0.494. The summed E-state index contributed by atoms with van der Waals surface area (Å²) in [6.45, 7) is 6.63. The van der Waals surface area contributed by atoms with Crippen molar-refractivity contribution in [2.45, 2.75) is 33.5 Å². The van der Waals surface area contributed by atoms with Crippen LogP contribution in [0.5, 0.6) is 17.2 Å². The van der Waals surface area contributed by atoms with Crippen LogP contribution in [0.1, 0.15) is 29.2 Å². The Bertz CT molecular complexity index is 940. The zero-order valence-corrected chi connectivity index (χ0v) is 19.3. The van der Waals surface area contributed by atoms with Crippen LogP contribution in [0.4, 0.5) is 0 Å². The largest absolute Gasteiger partial charge is 0.497 e. The first-order valence-electron chi connectivity index (χ1n) is 10.1. The molecule has 5 heteroatoms. The van der Waals surface area contributed by atoms with Crippen molar-refractivity contribution in [1.82, 2.24) is 5.32 Å². The summed E-state index contributed by atoms with van der Waals surface area (Å²) >= 11 is 3.66. The van der Waals surface area contributed by atoms with Crippen molar-refractivity contribution in [2.24, 2.45) is 0 Å². The van der Waals surface area contributed by atoms with Gasteiger partial charge in [-0.3, -0.25) is 0 Å². The lowest BCUT2D eigenvalue weighted by atomic mass is 10.1. The molecule has 4 nitrogen and oxygen atoms in total. The number of rotatable bonds is 10. The highest BCUT2D eigenvalue weighted by atomic mass is 79.9. The van der Waals surface area contributed by atoms with Gasteiger partial charge in [-0.05, 0) is 70.7 Å². The van der Waals surface area contributed by atoms with E-state index in [1.807, 2.05) is 25.1 Å². The molecular formula is C25H28BrNO3. The third kappa shape index (κ3) is 6.25. The Hall–Kier alpha value is -2.50. The number of aryl methyl sites for hydroxylation is 1. The number of hydrogen-bond donors (Lipinski definition) is 1. The Balaban J connectivity index is 1.64. The van der Waals surface area contributed by atoms with E-state index in [4.69, 9.17) is 14.2 Å². The number of nitrogens with one attached hydrogen (secondary N) is 1. The Morgan fingerprint density at radius 3 is 2.17 bits per heavy atom. The highest BCUT2D eigenvalue weighted by Gasteiger charge is 2.13. The molecule has 0 aromatic heterocycles. The van der Waals surface area contributed by atoms with E-state index in [9.17, 15) is 0 Å². The molecule has 0 bridgehead atoms. The molecule has 0 spiro atoms. The molecule has 0 heterocycles. The van der Waals surface area contributed by atoms with E-state index < -0.39 is 0 Å². The van der Waals surface area contributed by atoms with Crippen molar-refractivity contribution in [3.8, 4) is 17.2 Å². The molecule has 0 saturated heterocycles. The average Bonchev–Trinajstić information content (AvgIpc) is 2.75. The number of halogens is 1. The fourth-order valence-electron chi connectivity index (χ4n) is 3.06. The summed E-state index contributed by atoms with van der Waals surface area (Å²) in [5.74, 6) is 2.35. The molecule has 0 aliphatic rings. The molecule has 1 N–H and O–H groups in total. The number of benzene rings is 3. The van der Waals surface area contributed by atoms with Gasteiger partial charge in [0.2, 0.25) is 0 Å². The van der Waals surface area contributed by atoms with E-state index >= 15 is 0 Å². The maximum Gasteiger partial charge on any atom is 0.175 e. The monoisotopic (exact) mass is 469 g/mol. The first kappa shape index (κ1) is 22.2. The van der Waals surface area contributed by atoms with E-state index in [2.05, 4.69) is 70.6 Å². The van der Waals surface area contributed by atoms with Gasteiger partial charge >= 0.3 is 0 Å². The second-order valence-corrected chi connectivity index (χ2v) is 7.92. The minimum absolute atomic E-state index is 0.494. The number of hydrogen-bond acceptors (Lipinski definition) is 4. The Morgan fingerprint density at radius 2 is 1.50 bits per heavy atom. The second-order valence-electron chi connectivity index (χ2n) is 7.06. The second kappa shape index (κ2) is 11.0. The summed E-state index contributed by atoms with van der Waals surface area (Å²) in [7, 11) is 1.68. The zero-order valence-electron chi connectivity index (χ0n) is 17.7. The average molecular weight is 470 g/mol. The number of methoxy groups -OCH3 is 1. The Labute approximate surface area is 187 Å². The molecule has 0 aliphatic carbocycles. The lowest BCUT2D eigenvalue weighted by Gasteiger charge is -2.16. The van der Waals surface area contributed by atoms with Crippen molar-refractivity contribution in [1.29, 1.82) is 0 Å². The van der Waals surface area contributed by atoms with Gasteiger partial charge in [0.05, 0.1) is 18.2 Å². The molecule has 0 aliphatic heterocycles. The summed E-state index contributed by atoms with van der Waals surface area (Å²) < 4.78 is 18.0. The van der Waals surface area contributed by atoms with Gasteiger partial charge in [-0.2, -0.15) is 0 Å². The third-order valence-electron chi connectivity index (χ3n) is 4.69. The van der Waals surface area contributed by atoms with E-state index in [1.54, 1.807) is 7.11 Å². The van der Waals surface area contributed by atoms with Gasteiger partial charge in [0.1, 0.15) is 12.4 Å². The SMILES string of the molecule is CCOc1cc(CNCc2ccc(OC)cc2)cc(Br)c1OCc1ccc(C)cc1. The molecule has 0 atom stereocenters. The standard InChI is InChI=1S/C25H28BrNO3/c1-4-29-24-14-21(16-27-15-19-9-11-22(28-3)12-10-19)13-23(26)25(24)30-17-20-7-5-18(2)6-8-20/h5-14,27H,4,15-17H2,1-3H3. The summed E-state index contributed by atoms with van der Waals surface area (Å²) in [4.78, 5) is 0. The van der Waals surface area contributed by atoms with Gasteiger partial charge in [0.25, 0.3) is 0 Å². The Kier molecular flexibility index (Phi) is 8.17. The van der Waals surface area contributed by atoms with Crippen LogP contribution in [0.15, 0.2) is 65.1 Å². The molecule has 0 amide bonds. The molecule has 3 rings (SSSR count). The summed E-state index contributed by atoms with van der Waals surface area (Å²) in [5.41, 5.74) is 4.70. The molecule has 3 aromatic rings. The zero-order chi connectivity index (χ0) is 21.3. The normalized spacial score (nSPS) is 10.7. The molecule has 3 aromatic carbocycles. The van der Waals surface area contributed by atoms with E-state index in [0.717, 1.165) is 45.9 Å². The van der Waals surface area contributed by atoms with E-state index in [-0.39, 0.29) is 0 Å². The topological polar surface area (TPSA) is 39.7 Å². The van der Waals surface area contributed by atoms with Gasteiger partial charge in [0, 0.05) is 13.1 Å². The summed E-state index contributed by atoms with van der Waals surface area (Å²) in [5, 5.41) is 3.48. The predicted octanol–water partition coefficient (Wildman–Crippen LogP) is 6.03. The molecule has 30 heavy (non-hydrogen) atoms. The van der Waals surface area contributed by atoms with Gasteiger partial charge in [-0.1, -0.05) is 42.0 Å². The van der Waals surface area contributed by atoms with Crippen LogP contribution in [0.25, 0.3) is 0 Å². The van der Waals surface area contributed by atoms with E-state index in [1.165, 1.54) is 11.1 Å². The van der Waals surface area contributed by atoms with Crippen LogP contribution in [-0.2, 0) is 19.7 Å². The van der Waals surface area contributed by atoms with Crippen LogP contribution in [0.2, 0.25) is 0 Å². The van der Waals surface area contributed by atoms with Crippen molar-refractivity contribution in [3.05, 3.63) is 87.4 Å². The molecular weight excluding hydrogens is 442 g/mol. The fraction of sp³-hybridized carbons (Fsp3) is 0.280. The predicted molar refractivity (Wildman–Crippen MR) is 124 cm³/mol. The molecule has 158 valence electrons. The first-order valence-corrected chi connectivity index (χ1v) is 10.9. The van der Waals surface area contributed by atoms with Gasteiger partial charge in [-0.15, -0.1) is 0 Å². The smallest absolute Gasteiger partial charge is 0.175 e. The number of ether oxygens (including phenoxy) is 3. The maximum absolute atomic E-state index is 6.09. The van der Waals surface area contributed by atoms with Gasteiger partial charge in [0.15, 0.2) is 11.5 Å². The van der Waals surface area contributed by atoms with Crippen molar-refractivity contribution >= 4 is 15.9 Å². The van der Waals surface area contributed by atoms with Crippen LogP contribution >= 0.6 is 15.9 Å². The summed E-state index contributed by atoms with van der Waals surface area (Å²) in [6, 6.07) is 20.5.